The predicted octanol–water partition coefficient (Wildman–Crippen LogP) is 2.97. The van der Waals surface area contributed by atoms with E-state index < -0.39 is 37.0 Å². The molecule has 0 radical (unpaired) electrons. The van der Waals surface area contributed by atoms with Crippen LogP contribution in [0.4, 0.5) is 0 Å². The minimum Gasteiger partial charge on any atom is -0.493 e. The molecular weight excluding hydrogens is 536 g/mol. The summed E-state index contributed by atoms with van der Waals surface area (Å²) in [5.74, 6) is 2.47. The van der Waals surface area contributed by atoms with E-state index in [1.807, 2.05) is 18.2 Å². The highest BCUT2D eigenvalue weighted by atomic mass is 16.8. The van der Waals surface area contributed by atoms with E-state index in [1.54, 1.807) is 26.2 Å². The van der Waals surface area contributed by atoms with Crippen molar-refractivity contribution >= 4 is 16.6 Å². The summed E-state index contributed by atoms with van der Waals surface area (Å²) in [5.41, 5.74) is 2.67. The molecule has 11 heteroatoms. The van der Waals surface area contributed by atoms with Gasteiger partial charge in [0, 0.05) is 28.5 Å². The van der Waals surface area contributed by atoms with Crippen LogP contribution >= 0.6 is 0 Å². The number of carbonyl (C=O) groups is 1. The fourth-order valence-corrected chi connectivity index (χ4v) is 6.14. The summed E-state index contributed by atoms with van der Waals surface area (Å²) in [7, 11) is 3.08. The molecule has 2 fully saturated rings. The number of Topliss-reactive ketones (excluding diaryl/α,β-unsaturated/α-hetero) is 1. The van der Waals surface area contributed by atoms with Crippen LogP contribution in [0.25, 0.3) is 21.9 Å². The van der Waals surface area contributed by atoms with Crippen molar-refractivity contribution in [3.8, 4) is 39.9 Å². The average molecular weight is 567 g/mol. The highest BCUT2D eigenvalue weighted by Crippen LogP contribution is 2.50. The number of hydrogen-bond acceptors (Lipinski definition) is 11. The number of ketones is 1. The van der Waals surface area contributed by atoms with Crippen LogP contribution in [0.15, 0.2) is 30.3 Å². The number of fused-ring (bicyclic) bond motifs is 4. The molecule has 2 saturated heterocycles. The molecule has 6 atom stereocenters. The van der Waals surface area contributed by atoms with E-state index in [0.717, 1.165) is 5.56 Å². The summed E-state index contributed by atoms with van der Waals surface area (Å²) in [6, 6.07) is 9.15. The number of hydrogen-bond donors (Lipinski definition) is 2. The highest BCUT2D eigenvalue weighted by Gasteiger charge is 2.49. The van der Waals surface area contributed by atoms with Gasteiger partial charge in [-0.15, -0.1) is 0 Å². The quantitative estimate of drug-likeness (QED) is 0.473. The normalized spacial score (nSPS) is 28.4. The Morgan fingerprint density at radius 3 is 2.41 bits per heavy atom. The lowest BCUT2D eigenvalue weighted by Gasteiger charge is -2.45. The van der Waals surface area contributed by atoms with Gasteiger partial charge in [-0.3, -0.25) is 4.79 Å². The molecular formula is C30H30O11. The van der Waals surface area contributed by atoms with Gasteiger partial charge in [0.2, 0.25) is 13.1 Å². The van der Waals surface area contributed by atoms with Gasteiger partial charge in [-0.05, 0) is 48.6 Å². The van der Waals surface area contributed by atoms with Gasteiger partial charge in [-0.2, -0.15) is 0 Å². The lowest BCUT2D eigenvalue weighted by molar-refractivity contribution is -0.343. The van der Waals surface area contributed by atoms with Gasteiger partial charge in [-0.25, -0.2) is 0 Å². The Balaban J connectivity index is 1.41. The van der Waals surface area contributed by atoms with Gasteiger partial charge in [0.15, 0.2) is 35.1 Å². The summed E-state index contributed by atoms with van der Waals surface area (Å²) >= 11 is 0. The Morgan fingerprint density at radius 2 is 1.63 bits per heavy atom. The highest BCUT2D eigenvalue weighted by molar-refractivity contribution is 6.16. The number of aliphatic hydroxyl groups excluding tert-OH is 2. The van der Waals surface area contributed by atoms with E-state index in [2.05, 4.69) is 0 Å². The number of carbonyl (C=O) groups excluding carboxylic acids is 1. The van der Waals surface area contributed by atoms with Crippen molar-refractivity contribution in [2.75, 3.05) is 27.6 Å². The van der Waals surface area contributed by atoms with Crippen LogP contribution in [-0.4, -0.2) is 80.6 Å². The third-order valence-electron chi connectivity index (χ3n) is 8.12. The predicted molar refractivity (Wildman–Crippen MR) is 143 cm³/mol. The van der Waals surface area contributed by atoms with E-state index in [4.69, 9.17) is 37.9 Å². The van der Waals surface area contributed by atoms with Crippen LogP contribution in [0, 0.1) is 0 Å². The van der Waals surface area contributed by atoms with E-state index >= 15 is 0 Å². The van der Waals surface area contributed by atoms with Gasteiger partial charge in [0.1, 0.15) is 30.2 Å². The average Bonchev–Trinajstić information content (AvgIpc) is 3.61. The van der Waals surface area contributed by atoms with Crippen molar-refractivity contribution in [2.45, 2.75) is 56.8 Å². The largest absolute Gasteiger partial charge is 0.493 e. The van der Waals surface area contributed by atoms with Crippen LogP contribution in [0.2, 0.25) is 0 Å². The van der Waals surface area contributed by atoms with E-state index in [1.165, 1.54) is 7.11 Å². The second kappa shape index (κ2) is 10.0. The maximum Gasteiger partial charge on any atom is 0.231 e. The molecule has 0 aromatic heterocycles. The Morgan fingerprint density at radius 1 is 0.878 bits per heavy atom. The second-order valence-electron chi connectivity index (χ2n) is 10.4. The smallest absolute Gasteiger partial charge is 0.231 e. The first-order valence-electron chi connectivity index (χ1n) is 13.5. The molecule has 41 heavy (non-hydrogen) atoms. The summed E-state index contributed by atoms with van der Waals surface area (Å²) in [6.45, 7) is 2.01. The standard InChI is InChI=1S/C30H30O11/c1-13-36-11-23-29(39-13)26(32)27(33)30(40-23)41-28-15-5-6-18(31)25(15)24(14-4-7-19-22(8-14)38-12-37-19)16-9-20(34-2)21(35-3)10-17(16)28/h4,7-10,13,23,26-27,29-30,32-33H,5-6,11-12H2,1-3H3. The molecule has 0 amide bonds. The summed E-state index contributed by atoms with van der Waals surface area (Å²) in [5, 5.41) is 23.2. The number of rotatable bonds is 5. The Kier molecular flexibility index (Phi) is 6.44. The van der Waals surface area contributed by atoms with Crippen molar-refractivity contribution in [3.63, 3.8) is 0 Å². The SMILES string of the molecule is COc1cc2c(OC3OC4COC(C)OC4C(O)C3O)c3c(c(-c4ccc5c(c4)OCO5)c2cc1OC)C(=O)CC3. The van der Waals surface area contributed by atoms with Crippen LogP contribution in [-0.2, 0) is 20.6 Å². The van der Waals surface area contributed by atoms with Gasteiger partial charge < -0.3 is 48.1 Å². The van der Waals surface area contributed by atoms with Crippen LogP contribution in [0.5, 0.6) is 28.7 Å². The van der Waals surface area contributed by atoms with Crippen molar-refractivity contribution in [1.29, 1.82) is 0 Å². The zero-order valence-electron chi connectivity index (χ0n) is 22.7. The molecule has 3 aliphatic heterocycles. The number of ether oxygens (including phenoxy) is 8. The van der Waals surface area contributed by atoms with E-state index in [0.29, 0.717) is 62.6 Å². The van der Waals surface area contributed by atoms with Crippen LogP contribution in [0.3, 0.4) is 0 Å². The molecule has 0 saturated carbocycles. The van der Waals surface area contributed by atoms with Crippen LogP contribution in [0.1, 0.15) is 29.3 Å². The number of benzene rings is 3. The zero-order valence-corrected chi connectivity index (χ0v) is 22.7. The summed E-state index contributed by atoms with van der Waals surface area (Å²) in [6.07, 6.45) is -5.19. The molecule has 11 nitrogen and oxygen atoms in total. The molecule has 3 aromatic rings. The molecule has 3 heterocycles. The first-order chi connectivity index (χ1) is 19.9. The minimum atomic E-state index is -1.42. The van der Waals surface area contributed by atoms with Gasteiger partial charge >= 0.3 is 0 Å². The topological polar surface area (TPSA) is 131 Å². The fourth-order valence-electron chi connectivity index (χ4n) is 6.14. The van der Waals surface area contributed by atoms with Crippen molar-refractivity contribution in [3.05, 3.63) is 41.5 Å². The maximum absolute atomic E-state index is 13.5. The Hall–Kier alpha value is -3.61. The maximum atomic E-state index is 13.5. The minimum absolute atomic E-state index is 0.0394. The third-order valence-corrected chi connectivity index (χ3v) is 8.12. The second-order valence-corrected chi connectivity index (χ2v) is 10.4. The van der Waals surface area contributed by atoms with Gasteiger partial charge in [-0.1, -0.05) is 6.07 Å². The fraction of sp³-hybridized carbons (Fsp3) is 0.433. The number of methoxy groups -OCH3 is 2. The molecule has 2 N–H and O–H groups in total. The van der Waals surface area contributed by atoms with Crippen LogP contribution < -0.4 is 23.7 Å². The molecule has 1 aliphatic carbocycles. The van der Waals surface area contributed by atoms with Gasteiger partial charge in [0.05, 0.1) is 20.8 Å². The molecule has 6 unspecified atom stereocenters. The molecule has 216 valence electrons. The number of aliphatic hydroxyl groups is 2. The third kappa shape index (κ3) is 4.19. The lowest BCUT2D eigenvalue weighted by atomic mass is 9.89. The van der Waals surface area contributed by atoms with E-state index in [9.17, 15) is 15.0 Å². The van der Waals surface area contributed by atoms with Crippen molar-refractivity contribution in [1.82, 2.24) is 0 Å². The van der Waals surface area contributed by atoms with Crippen molar-refractivity contribution in [2.24, 2.45) is 0 Å². The molecule has 0 spiro atoms. The van der Waals surface area contributed by atoms with Crippen molar-refractivity contribution < 1.29 is 52.9 Å². The Labute approximate surface area is 235 Å². The molecule has 0 bridgehead atoms. The van der Waals surface area contributed by atoms with Gasteiger partial charge in [0.25, 0.3) is 0 Å². The molecule has 4 aliphatic rings. The lowest BCUT2D eigenvalue weighted by Crippen LogP contribution is -2.63. The first-order valence-corrected chi connectivity index (χ1v) is 13.5. The molecule has 3 aromatic carbocycles. The summed E-state index contributed by atoms with van der Waals surface area (Å²) in [4.78, 5) is 13.5. The summed E-state index contributed by atoms with van der Waals surface area (Å²) < 4.78 is 46.1. The first kappa shape index (κ1) is 26.3. The molecule has 7 rings (SSSR count). The monoisotopic (exact) mass is 566 g/mol. The Bertz CT molecular complexity index is 1530. The van der Waals surface area contributed by atoms with E-state index in [-0.39, 0.29) is 25.6 Å². The zero-order chi connectivity index (χ0) is 28.4.